The molecule has 0 aliphatic heterocycles. The fourth-order valence-electron chi connectivity index (χ4n) is 12.9. The van der Waals surface area contributed by atoms with E-state index in [1.807, 2.05) is 0 Å². The average molecular weight is 953 g/mol. The molecule has 75 heavy (non-hydrogen) atoms. The zero-order chi connectivity index (χ0) is 48.9. The lowest BCUT2D eigenvalue weighted by Gasteiger charge is -2.18. The molecule has 3 aromatic heterocycles. The molecule has 0 spiro atoms. The summed E-state index contributed by atoms with van der Waals surface area (Å²) in [6.45, 7) is 0. The predicted octanol–water partition coefficient (Wildman–Crippen LogP) is 21.0. The van der Waals surface area contributed by atoms with E-state index in [1.54, 1.807) is 0 Å². The van der Waals surface area contributed by atoms with Crippen molar-refractivity contribution in [2.45, 2.75) is 0 Å². The molecule has 17 rings (SSSR count). The van der Waals surface area contributed by atoms with Crippen LogP contribution in [0.2, 0.25) is 0 Å². The van der Waals surface area contributed by atoms with E-state index < -0.39 is 0 Å². The van der Waals surface area contributed by atoms with Crippen LogP contribution in [0.5, 0.6) is 0 Å². The van der Waals surface area contributed by atoms with Gasteiger partial charge in [0.25, 0.3) is 0 Å². The van der Waals surface area contributed by atoms with Gasteiger partial charge in [-0.3, -0.25) is 0 Å². The minimum Gasteiger partial charge on any atom is -0.456 e. The van der Waals surface area contributed by atoms with Crippen LogP contribution in [0.4, 0.5) is 0 Å². The van der Waals surface area contributed by atoms with Crippen molar-refractivity contribution in [2.24, 2.45) is 0 Å². The third-order valence-electron chi connectivity index (χ3n) is 16.2. The van der Waals surface area contributed by atoms with Crippen LogP contribution < -0.4 is 0 Å². The zero-order valence-corrected chi connectivity index (χ0v) is 40.3. The lowest BCUT2D eigenvalue weighted by Crippen LogP contribution is -1.91. The molecule has 0 saturated heterocycles. The van der Waals surface area contributed by atoms with Crippen LogP contribution >= 0.6 is 0 Å². The molecule has 14 aromatic carbocycles. The number of hydrogen-bond donors (Lipinski definition) is 0. The monoisotopic (exact) mass is 952 g/mol. The zero-order valence-electron chi connectivity index (χ0n) is 40.3. The van der Waals surface area contributed by atoms with Crippen LogP contribution in [-0.4, -0.2) is 0 Å². The maximum atomic E-state index is 6.84. The van der Waals surface area contributed by atoms with Crippen molar-refractivity contribution in [1.82, 2.24) is 0 Å². The molecule has 0 bridgehead atoms. The van der Waals surface area contributed by atoms with Crippen LogP contribution in [0.25, 0.3) is 175 Å². The summed E-state index contributed by atoms with van der Waals surface area (Å²) in [5.41, 5.74) is 14.7. The molecule has 346 valence electrons. The number of benzene rings is 14. The Bertz CT molecular complexity index is 5200. The van der Waals surface area contributed by atoms with E-state index in [-0.39, 0.29) is 0 Å². The first-order valence-corrected chi connectivity index (χ1v) is 25.7. The van der Waals surface area contributed by atoms with Gasteiger partial charge in [0.05, 0.1) is 0 Å². The Balaban J connectivity index is 0.871. The summed E-state index contributed by atoms with van der Waals surface area (Å²) >= 11 is 0. The van der Waals surface area contributed by atoms with Crippen molar-refractivity contribution in [3.05, 3.63) is 243 Å². The molecule has 3 nitrogen and oxygen atoms in total. The molecule has 0 amide bonds. The van der Waals surface area contributed by atoms with Crippen LogP contribution in [0.3, 0.4) is 0 Å². The minimum absolute atomic E-state index is 0.860. The highest BCUT2D eigenvalue weighted by Gasteiger charge is 2.23. The number of furan rings is 3. The molecule has 0 fully saturated rings. The molecule has 0 atom stereocenters. The maximum Gasteiger partial charge on any atom is 0.136 e. The van der Waals surface area contributed by atoms with E-state index in [2.05, 4.69) is 243 Å². The second-order valence-corrected chi connectivity index (χ2v) is 20.2. The maximum absolute atomic E-state index is 6.84. The van der Waals surface area contributed by atoms with Crippen LogP contribution in [-0.2, 0) is 0 Å². The highest BCUT2D eigenvalue weighted by molar-refractivity contribution is 6.28. The Morgan fingerprint density at radius 3 is 0.920 bits per heavy atom. The third-order valence-corrected chi connectivity index (χ3v) is 16.2. The third kappa shape index (κ3) is 5.86. The van der Waals surface area contributed by atoms with Crippen LogP contribution in [0.1, 0.15) is 0 Å². The largest absolute Gasteiger partial charge is 0.456 e. The summed E-state index contributed by atoms with van der Waals surface area (Å²) in [7, 11) is 0. The molecular weight excluding hydrogens is 913 g/mol. The van der Waals surface area contributed by atoms with E-state index in [9.17, 15) is 0 Å². The van der Waals surface area contributed by atoms with Gasteiger partial charge in [0.2, 0.25) is 0 Å². The van der Waals surface area contributed by atoms with E-state index in [0.717, 1.165) is 88.1 Å². The average Bonchev–Trinajstić information content (AvgIpc) is 4.16. The summed E-state index contributed by atoms with van der Waals surface area (Å²) in [5, 5.41) is 21.0. The first-order chi connectivity index (χ1) is 37.2. The molecule has 0 aliphatic rings. The second kappa shape index (κ2) is 15.3. The number of hydrogen-bond acceptors (Lipinski definition) is 3. The fourth-order valence-corrected chi connectivity index (χ4v) is 12.9. The smallest absolute Gasteiger partial charge is 0.136 e. The summed E-state index contributed by atoms with van der Waals surface area (Å²) in [5.74, 6) is 0. The van der Waals surface area contributed by atoms with Crippen LogP contribution in [0.15, 0.2) is 256 Å². The Hall–Kier alpha value is -9.96. The topological polar surface area (TPSA) is 39.4 Å². The van der Waals surface area contributed by atoms with Gasteiger partial charge in [-0.15, -0.1) is 0 Å². The van der Waals surface area contributed by atoms with E-state index in [1.165, 1.54) is 86.9 Å². The lowest BCUT2D eigenvalue weighted by molar-refractivity contribution is 0.669. The van der Waals surface area contributed by atoms with Gasteiger partial charge < -0.3 is 13.3 Å². The number of rotatable bonds is 4. The quantitative estimate of drug-likeness (QED) is 0.165. The molecule has 3 heteroatoms. The summed E-state index contributed by atoms with van der Waals surface area (Å²) in [4.78, 5) is 0. The van der Waals surface area contributed by atoms with Crippen molar-refractivity contribution in [1.29, 1.82) is 0 Å². The highest BCUT2D eigenvalue weighted by atomic mass is 16.3. The Labute approximate surface area is 428 Å². The minimum atomic E-state index is 0.860. The van der Waals surface area contributed by atoms with E-state index in [0.29, 0.717) is 0 Å². The Morgan fingerprint density at radius 2 is 0.507 bits per heavy atom. The molecule has 0 unspecified atom stereocenters. The van der Waals surface area contributed by atoms with Gasteiger partial charge in [-0.2, -0.15) is 0 Å². The lowest BCUT2D eigenvalue weighted by atomic mass is 9.84. The second-order valence-electron chi connectivity index (χ2n) is 20.2. The molecule has 0 aliphatic carbocycles. The van der Waals surface area contributed by atoms with E-state index in [4.69, 9.17) is 13.3 Å². The Morgan fingerprint density at radius 1 is 0.187 bits per heavy atom. The molecular formula is C72H40O3. The summed E-state index contributed by atoms with van der Waals surface area (Å²) in [6, 6.07) is 88.3. The van der Waals surface area contributed by atoms with Gasteiger partial charge in [-0.1, -0.05) is 176 Å². The molecule has 3 heterocycles. The summed E-state index contributed by atoms with van der Waals surface area (Å²) in [6.07, 6.45) is 0. The van der Waals surface area contributed by atoms with Gasteiger partial charge in [0.1, 0.15) is 33.5 Å². The van der Waals surface area contributed by atoms with Gasteiger partial charge in [-0.25, -0.2) is 0 Å². The molecule has 0 radical (unpaired) electrons. The first-order valence-electron chi connectivity index (χ1n) is 25.7. The highest BCUT2D eigenvalue weighted by Crippen LogP contribution is 2.50. The van der Waals surface area contributed by atoms with Gasteiger partial charge >= 0.3 is 0 Å². The normalized spacial score (nSPS) is 12.3. The Kier molecular flexibility index (Phi) is 8.28. The SMILES string of the molecule is c1ccc2cc3c(cc2c1)oc1ccc(-c2c4ccccc4c(-c4ccc5oc6cccc(-c7c8ccccc8c(-c8ccc9oc%10cc%11ccccc%11cc%10c9c8)c8ccccc78)c6c5c4)c4ccccc24)cc13. The van der Waals surface area contributed by atoms with Crippen molar-refractivity contribution < 1.29 is 13.3 Å². The molecule has 0 saturated carbocycles. The molecule has 0 N–H and O–H groups in total. The van der Waals surface area contributed by atoms with Gasteiger partial charge in [0.15, 0.2) is 0 Å². The van der Waals surface area contributed by atoms with Gasteiger partial charge in [0, 0.05) is 32.3 Å². The standard InChI is InChI=1S/C72H40O3/c1-3-16-43-39-66-59(34-41(43)14-1)57-36-45(28-31-62(57)74-66)68-48-18-5-7-20-50(48)70(51-21-8-6-19-49(51)68)47-30-33-64-61(38-47)72-56(26-13-27-65(72)73-64)71-54-24-11-9-22-52(54)69(53-23-10-12-25-55(53)71)46-29-32-63-58(37-46)60-35-42-15-2-4-17-44(42)40-67(60)75-63/h1-40H. The summed E-state index contributed by atoms with van der Waals surface area (Å²) < 4.78 is 19.8. The van der Waals surface area contributed by atoms with Crippen LogP contribution in [0, 0.1) is 0 Å². The fraction of sp³-hybridized carbons (Fsp3) is 0. The van der Waals surface area contributed by atoms with Gasteiger partial charge in [-0.05, 0) is 176 Å². The predicted molar refractivity (Wildman–Crippen MR) is 315 cm³/mol. The van der Waals surface area contributed by atoms with Crippen molar-refractivity contribution in [2.75, 3.05) is 0 Å². The van der Waals surface area contributed by atoms with Crippen molar-refractivity contribution in [3.8, 4) is 44.5 Å². The molecule has 17 aromatic rings. The van der Waals surface area contributed by atoms with E-state index >= 15 is 0 Å². The first kappa shape index (κ1) is 40.6. The number of fused-ring (bicyclic) bond motifs is 15. The van der Waals surface area contributed by atoms with Crippen molar-refractivity contribution in [3.63, 3.8) is 0 Å². The van der Waals surface area contributed by atoms with Crippen molar-refractivity contribution >= 4 is 130 Å².